The van der Waals surface area contributed by atoms with Crippen molar-refractivity contribution in [1.82, 2.24) is 9.80 Å². The number of carbonyl (C=O) groups excluding carboxylic acids is 2. The first-order chi connectivity index (χ1) is 18.0. The summed E-state index contributed by atoms with van der Waals surface area (Å²) in [7, 11) is 1.67. The molecule has 0 radical (unpaired) electrons. The van der Waals surface area contributed by atoms with Crippen molar-refractivity contribution in [3.05, 3.63) is 60.2 Å². The smallest absolute Gasteiger partial charge is 0.226 e. The lowest BCUT2D eigenvalue weighted by atomic mass is 9.76. The van der Waals surface area contributed by atoms with Gasteiger partial charge in [-0.05, 0) is 55.5 Å². The molecule has 5 rings (SSSR count). The van der Waals surface area contributed by atoms with Gasteiger partial charge in [-0.1, -0.05) is 43.2 Å². The highest BCUT2D eigenvalue weighted by Crippen LogP contribution is 2.37. The van der Waals surface area contributed by atoms with E-state index in [1.54, 1.807) is 7.11 Å². The van der Waals surface area contributed by atoms with Crippen molar-refractivity contribution in [2.24, 2.45) is 11.8 Å². The van der Waals surface area contributed by atoms with Gasteiger partial charge in [-0.15, -0.1) is 0 Å². The first-order valence-electron chi connectivity index (χ1n) is 13.7. The normalized spacial score (nSPS) is 24.0. The second-order valence-electron chi connectivity index (χ2n) is 10.7. The number of anilines is 1. The van der Waals surface area contributed by atoms with Crippen LogP contribution in [-0.2, 0) is 15.2 Å². The maximum absolute atomic E-state index is 13.6. The van der Waals surface area contributed by atoms with E-state index in [1.807, 2.05) is 52.3 Å². The average molecular weight is 506 g/mol. The predicted octanol–water partition coefficient (Wildman–Crippen LogP) is 3.66. The molecule has 0 spiro atoms. The number of hydrogen-bond donors (Lipinski definition) is 1. The topological polar surface area (TPSA) is 73.3 Å². The van der Waals surface area contributed by atoms with Crippen LogP contribution in [0.4, 0.5) is 5.69 Å². The molecule has 2 aliphatic heterocycles. The zero-order chi connectivity index (χ0) is 25.8. The highest BCUT2D eigenvalue weighted by Gasteiger charge is 2.42. The first kappa shape index (κ1) is 25.6. The molecule has 3 aliphatic rings. The zero-order valence-electron chi connectivity index (χ0n) is 21.8. The third-order valence-corrected chi connectivity index (χ3v) is 8.64. The molecule has 2 aromatic carbocycles. The summed E-state index contributed by atoms with van der Waals surface area (Å²) in [5.74, 6) is 0.604. The summed E-state index contributed by atoms with van der Waals surface area (Å²) < 4.78 is 5.26. The third-order valence-electron chi connectivity index (χ3n) is 8.64. The van der Waals surface area contributed by atoms with Crippen LogP contribution < -0.4 is 9.64 Å². The van der Waals surface area contributed by atoms with Gasteiger partial charge in [-0.2, -0.15) is 0 Å². The number of piperazine rings is 1. The Balaban J connectivity index is 1.18. The second kappa shape index (κ2) is 11.1. The summed E-state index contributed by atoms with van der Waals surface area (Å²) in [4.78, 5) is 33.5. The molecule has 1 N–H and O–H groups in total. The average Bonchev–Trinajstić information content (AvgIpc) is 2.97. The molecule has 2 aromatic rings. The molecule has 2 unspecified atom stereocenters. The van der Waals surface area contributed by atoms with Gasteiger partial charge in [-0.25, -0.2) is 0 Å². The Bertz CT molecular complexity index is 1060. The van der Waals surface area contributed by atoms with E-state index in [9.17, 15) is 14.7 Å². The van der Waals surface area contributed by atoms with Crippen LogP contribution in [0.1, 0.15) is 44.1 Å². The first-order valence-corrected chi connectivity index (χ1v) is 13.7. The lowest BCUT2D eigenvalue weighted by Crippen LogP contribution is -2.54. The van der Waals surface area contributed by atoms with Gasteiger partial charge in [0, 0.05) is 56.8 Å². The van der Waals surface area contributed by atoms with Gasteiger partial charge < -0.3 is 24.5 Å². The van der Waals surface area contributed by atoms with Crippen LogP contribution in [0.25, 0.3) is 0 Å². The molecule has 7 heteroatoms. The SMILES string of the molecule is COc1ccc(N2CCN(C(=O)C3CCCCC3C(=O)N3CCC(O)(c4ccccc4)CC3)CC2)cc1. The Morgan fingerprint density at radius 3 is 1.86 bits per heavy atom. The van der Waals surface area contributed by atoms with Crippen molar-refractivity contribution >= 4 is 17.5 Å². The van der Waals surface area contributed by atoms with Crippen LogP contribution in [-0.4, -0.2) is 73.1 Å². The van der Waals surface area contributed by atoms with Crippen LogP contribution >= 0.6 is 0 Å². The third kappa shape index (κ3) is 5.47. The van der Waals surface area contributed by atoms with E-state index < -0.39 is 5.60 Å². The lowest BCUT2D eigenvalue weighted by molar-refractivity contribution is -0.151. The molecule has 7 nitrogen and oxygen atoms in total. The highest BCUT2D eigenvalue weighted by atomic mass is 16.5. The minimum absolute atomic E-state index is 0.102. The quantitative estimate of drug-likeness (QED) is 0.672. The maximum Gasteiger partial charge on any atom is 0.226 e. The van der Waals surface area contributed by atoms with E-state index in [2.05, 4.69) is 17.0 Å². The molecule has 2 amide bonds. The number of benzene rings is 2. The monoisotopic (exact) mass is 505 g/mol. The van der Waals surface area contributed by atoms with Crippen molar-refractivity contribution in [3.8, 4) is 5.75 Å². The van der Waals surface area contributed by atoms with Gasteiger partial charge in [0.25, 0.3) is 0 Å². The summed E-state index contributed by atoms with van der Waals surface area (Å²) in [5, 5.41) is 11.2. The molecule has 2 heterocycles. The van der Waals surface area contributed by atoms with E-state index in [0.717, 1.165) is 55.8 Å². The summed E-state index contributed by atoms with van der Waals surface area (Å²) >= 11 is 0. The number of methoxy groups -OCH3 is 1. The number of hydrogen-bond acceptors (Lipinski definition) is 5. The Morgan fingerprint density at radius 2 is 1.32 bits per heavy atom. The highest BCUT2D eigenvalue weighted by molar-refractivity contribution is 5.88. The van der Waals surface area contributed by atoms with Crippen molar-refractivity contribution in [1.29, 1.82) is 0 Å². The van der Waals surface area contributed by atoms with E-state index in [-0.39, 0.29) is 23.7 Å². The van der Waals surface area contributed by atoms with Crippen molar-refractivity contribution in [2.75, 3.05) is 51.3 Å². The second-order valence-corrected chi connectivity index (χ2v) is 10.7. The standard InChI is InChI=1S/C30H39N3O4/c1-37-25-13-11-24(12-14-25)31-19-21-33(22-20-31)29(35)27-10-6-5-9-26(27)28(34)32-17-15-30(36,16-18-32)23-7-3-2-4-8-23/h2-4,7-8,11-14,26-27,36H,5-6,9-10,15-22H2,1H3. The number of ether oxygens (including phenoxy) is 1. The molecule has 2 atom stereocenters. The van der Waals surface area contributed by atoms with Gasteiger partial charge in [0.15, 0.2) is 0 Å². The van der Waals surface area contributed by atoms with Crippen LogP contribution in [0.2, 0.25) is 0 Å². The van der Waals surface area contributed by atoms with Gasteiger partial charge in [0.2, 0.25) is 11.8 Å². The van der Waals surface area contributed by atoms with Gasteiger partial charge in [0.1, 0.15) is 5.75 Å². The Kier molecular flexibility index (Phi) is 7.70. The number of rotatable bonds is 5. The van der Waals surface area contributed by atoms with Gasteiger partial charge >= 0.3 is 0 Å². The number of nitrogens with zero attached hydrogens (tertiary/aromatic N) is 3. The summed E-state index contributed by atoms with van der Waals surface area (Å²) in [6.45, 7) is 3.98. The van der Waals surface area contributed by atoms with Crippen LogP contribution in [0.5, 0.6) is 5.75 Å². The van der Waals surface area contributed by atoms with E-state index in [1.165, 1.54) is 0 Å². The largest absolute Gasteiger partial charge is 0.497 e. The summed E-state index contributed by atoms with van der Waals surface area (Å²) in [6.07, 6.45) is 4.62. The Morgan fingerprint density at radius 1 is 0.784 bits per heavy atom. The molecule has 37 heavy (non-hydrogen) atoms. The molecule has 198 valence electrons. The van der Waals surface area contributed by atoms with Gasteiger partial charge in [-0.3, -0.25) is 9.59 Å². The summed E-state index contributed by atoms with van der Waals surface area (Å²) in [5.41, 5.74) is 1.17. The lowest BCUT2D eigenvalue weighted by Gasteiger charge is -2.43. The number of aliphatic hydroxyl groups is 1. The number of likely N-dealkylation sites (tertiary alicyclic amines) is 1. The van der Waals surface area contributed by atoms with Crippen molar-refractivity contribution in [2.45, 2.75) is 44.1 Å². The molecule has 0 bridgehead atoms. The Hall–Kier alpha value is -3.06. The summed E-state index contributed by atoms with van der Waals surface area (Å²) in [6, 6.07) is 17.8. The molecular formula is C30H39N3O4. The van der Waals surface area contributed by atoms with E-state index in [4.69, 9.17) is 4.74 Å². The van der Waals surface area contributed by atoms with Crippen LogP contribution in [0.15, 0.2) is 54.6 Å². The molecule has 1 aliphatic carbocycles. The zero-order valence-corrected chi connectivity index (χ0v) is 21.8. The van der Waals surface area contributed by atoms with Crippen LogP contribution in [0.3, 0.4) is 0 Å². The molecule has 0 aromatic heterocycles. The molecular weight excluding hydrogens is 466 g/mol. The fourth-order valence-corrected chi connectivity index (χ4v) is 6.30. The fourth-order valence-electron chi connectivity index (χ4n) is 6.30. The molecule has 1 saturated carbocycles. The van der Waals surface area contributed by atoms with Gasteiger partial charge in [0.05, 0.1) is 12.7 Å². The fraction of sp³-hybridized carbons (Fsp3) is 0.533. The van der Waals surface area contributed by atoms with Crippen LogP contribution in [0, 0.1) is 11.8 Å². The minimum Gasteiger partial charge on any atom is -0.497 e. The minimum atomic E-state index is -0.886. The molecule has 2 saturated heterocycles. The number of piperidine rings is 1. The predicted molar refractivity (Wildman–Crippen MR) is 143 cm³/mol. The van der Waals surface area contributed by atoms with Crippen molar-refractivity contribution in [3.63, 3.8) is 0 Å². The van der Waals surface area contributed by atoms with E-state index >= 15 is 0 Å². The molecule has 3 fully saturated rings. The Labute approximate surface area is 220 Å². The van der Waals surface area contributed by atoms with E-state index in [0.29, 0.717) is 39.0 Å². The maximum atomic E-state index is 13.6. The van der Waals surface area contributed by atoms with Crippen molar-refractivity contribution < 1.29 is 19.4 Å². The number of amides is 2. The number of carbonyl (C=O) groups is 2.